The summed E-state index contributed by atoms with van der Waals surface area (Å²) >= 11 is 0. The summed E-state index contributed by atoms with van der Waals surface area (Å²) in [5, 5.41) is 10.6. The van der Waals surface area contributed by atoms with Crippen molar-refractivity contribution < 1.29 is 14.2 Å². The van der Waals surface area contributed by atoms with Crippen molar-refractivity contribution in [2.24, 2.45) is 0 Å². The summed E-state index contributed by atoms with van der Waals surface area (Å²) in [6.45, 7) is 1.58. The first-order valence-electron chi connectivity index (χ1n) is 5.99. The molecule has 1 atom stereocenters. The lowest BCUT2D eigenvalue weighted by atomic mass is 9.88. The van der Waals surface area contributed by atoms with E-state index in [1.54, 1.807) is 43.6 Å². The number of aliphatic hydroxyl groups is 1. The van der Waals surface area contributed by atoms with Crippen molar-refractivity contribution in [2.45, 2.75) is 18.9 Å². The highest BCUT2D eigenvalue weighted by Crippen LogP contribution is 2.34. The average Bonchev–Trinajstić information content (AvgIpc) is 2.38. The molecule has 1 unspecified atom stereocenters. The predicted molar refractivity (Wildman–Crippen MR) is 70.5 cm³/mol. The van der Waals surface area contributed by atoms with Gasteiger partial charge in [-0.05, 0) is 36.8 Å². The number of aromatic nitrogens is 1. The fraction of sp³-hybridized carbons (Fsp3) is 0.267. The molecule has 4 heteroatoms. The van der Waals surface area contributed by atoms with E-state index in [9.17, 15) is 9.50 Å². The number of hydrogen-bond donors (Lipinski definition) is 1. The van der Waals surface area contributed by atoms with Crippen LogP contribution in [0.4, 0.5) is 4.39 Å². The van der Waals surface area contributed by atoms with Crippen molar-refractivity contribution >= 4 is 0 Å². The maximum atomic E-state index is 14.0. The standard InChI is InChI=1S/C15H16FNO2/c1-15(18,10-11-6-8-17-9-7-11)14-12(16)4-3-5-13(14)19-2/h3-9,18H,10H2,1-2H3. The van der Waals surface area contributed by atoms with Crippen molar-refractivity contribution in [3.63, 3.8) is 0 Å². The highest BCUT2D eigenvalue weighted by molar-refractivity contribution is 5.39. The third-order valence-electron chi connectivity index (χ3n) is 3.03. The molecule has 0 aliphatic heterocycles. The van der Waals surface area contributed by atoms with E-state index in [4.69, 9.17) is 4.74 Å². The Kier molecular flexibility index (Phi) is 3.81. The van der Waals surface area contributed by atoms with Crippen LogP contribution in [0.3, 0.4) is 0 Å². The number of benzene rings is 1. The van der Waals surface area contributed by atoms with E-state index >= 15 is 0 Å². The molecule has 0 spiro atoms. The van der Waals surface area contributed by atoms with Gasteiger partial charge in [-0.25, -0.2) is 4.39 Å². The third kappa shape index (κ3) is 2.90. The first-order chi connectivity index (χ1) is 9.04. The Morgan fingerprint density at radius 1 is 1.26 bits per heavy atom. The Bertz CT molecular complexity index is 555. The fourth-order valence-electron chi connectivity index (χ4n) is 2.18. The van der Waals surface area contributed by atoms with Crippen molar-refractivity contribution in [1.29, 1.82) is 0 Å². The van der Waals surface area contributed by atoms with Crippen molar-refractivity contribution in [3.05, 3.63) is 59.7 Å². The van der Waals surface area contributed by atoms with E-state index in [0.29, 0.717) is 5.75 Å². The molecule has 3 nitrogen and oxygen atoms in total. The summed E-state index contributed by atoms with van der Waals surface area (Å²) in [4.78, 5) is 3.92. The Balaban J connectivity index is 2.39. The van der Waals surface area contributed by atoms with Gasteiger partial charge in [-0.15, -0.1) is 0 Å². The van der Waals surface area contributed by atoms with Crippen LogP contribution in [0.2, 0.25) is 0 Å². The summed E-state index contributed by atoms with van der Waals surface area (Å²) in [7, 11) is 1.46. The summed E-state index contributed by atoms with van der Waals surface area (Å²) in [5.74, 6) is -0.127. The molecule has 0 radical (unpaired) electrons. The Morgan fingerprint density at radius 3 is 2.58 bits per heavy atom. The number of nitrogens with zero attached hydrogens (tertiary/aromatic N) is 1. The average molecular weight is 261 g/mol. The number of rotatable bonds is 4. The van der Waals surface area contributed by atoms with Gasteiger partial charge in [0.25, 0.3) is 0 Å². The molecule has 0 aliphatic rings. The Labute approximate surface area is 111 Å². The number of hydrogen-bond acceptors (Lipinski definition) is 3. The quantitative estimate of drug-likeness (QED) is 0.920. The molecule has 1 aromatic carbocycles. The minimum atomic E-state index is -1.35. The molecule has 2 aromatic rings. The van der Waals surface area contributed by atoms with Gasteiger partial charge in [0, 0.05) is 18.8 Å². The third-order valence-corrected chi connectivity index (χ3v) is 3.03. The van der Waals surface area contributed by atoms with Crippen molar-refractivity contribution in [1.82, 2.24) is 4.98 Å². The van der Waals surface area contributed by atoms with E-state index in [1.807, 2.05) is 0 Å². The molecule has 0 saturated heterocycles. The first kappa shape index (κ1) is 13.5. The highest BCUT2D eigenvalue weighted by atomic mass is 19.1. The van der Waals surface area contributed by atoms with Gasteiger partial charge < -0.3 is 9.84 Å². The van der Waals surface area contributed by atoms with Gasteiger partial charge in [0.05, 0.1) is 18.3 Å². The zero-order chi connectivity index (χ0) is 13.9. The SMILES string of the molecule is COc1cccc(F)c1C(C)(O)Cc1ccncc1. The first-order valence-corrected chi connectivity index (χ1v) is 5.99. The van der Waals surface area contributed by atoms with Crippen LogP contribution in [0.5, 0.6) is 5.75 Å². The van der Waals surface area contributed by atoms with Crippen LogP contribution in [0.25, 0.3) is 0 Å². The fourth-order valence-corrected chi connectivity index (χ4v) is 2.18. The van der Waals surface area contributed by atoms with E-state index in [1.165, 1.54) is 13.2 Å². The minimum absolute atomic E-state index is 0.175. The van der Waals surface area contributed by atoms with Crippen LogP contribution in [0.1, 0.15) is 18.1 Å². The largest absolute Gasteiger partial charge is 0.496 e. The topological polar surface area (TPSA) is 42.4 Å². The summed E-state index contributed by atoms with van der Waals surface area (Å²) in [5.41, 5.74) is -0.294. The molecule has 0 amide bonds. The molecule has 0 saturated carbocycles. The van der Waals surface area contributed by atoms with Gasteiger partial charge in [0.15, 0.2) is 0 Å². The van der Waals surface area contributed by atoms with Crippen LogP contribution in [0.15, 0.2) is 42.7 Å². The van der Waals surface area contributed by atoms with Crippen LogP contribution in [-0.2, 0) is 12.0 Å². The minimum Gasteiger partial charge on any atom is -0.496 e. The number of halogens is 1. The van der Waals surface area contributed by atoms with Crippen LogP contribution in [-0.4, -0.2) is 17.2 Å². The molecule has 2 rings (SSSR count). The van der Waals surface area contributed by atoms with Crippen LogP contribution < -0.4 is 4.74 Å². The molecule has 1 heterocycles. The van der Waals surface area contributed by atoms with E-state index < -0.39 is 11.4 Å². The molecule has 1 N–H and O–H groups in total. The summed E-state index contributed by atoms with van der Waals surface area (Å²) < 4.78 is 19.1. The number of pyridine rings is 1. The normalized spacial score (nSPS) is 13.9. The maximum absolute atomic E-state index is 14.0. The molecular weight excluding hydrogens is 245 g/mol. The van der Waals surface area contributed by atoms with Gasteiger partial charge in [-0.2, -0.15) is 0 Å². The zero-order valence-electron chi connectivity index (χ0n) is 10.9. The second-order valence-corrected chi connectivity index (χ2v) is 4.62. The van der Waals surface area contributed by atoms with Crippen molar-refractivity contribution in [3.8, 4) is 5.75 Å². The van der Waals surface area contributed by atoms with E-state index in [0.717, 1.165) is 5.56 Å². The van der Waals surface area contributed by atoms with Crippen LogP contribution in [0, 0.1) is 5.82 Å². The Morgan fingerprint density at radius 2 is 1.95 bits per heavy atom. The lowest BCUT2D eigenvalue weighted by Gasteiger charge is -2.26. The molecule has 100 valence electrons. The monoisotopic (exact) mass is 261 g/mol. The second-order valence-electron chi connectivity index (χ2n) is 4.62. The highest BCUT2D eigenvalue weighted by Gasteiger charge is 2.30. The summed E-state index contributed by atoms with van der Waals surface area (Å²) in [6, 6.07) is 8.10. The molecule has 0 bridgehead atoms. The Hall–Kier alpha value is -1.94. The van der Waals surface area contributed by atoms with Gasteiger partial charge in [-0.3, -0.25) is 4.98 Å². The molecule has 1 aromatic heterocycles. The molecule has 0 fully saturated rings. The van der Waals surface area contributed by atoms with Gasteiger partial charge in [0.1, 0.15) is 11.6 Å². The smallest absolute Gasteiger partial charge is 0.133 e. The van der Waals surface area contributed by atoms with Crippen LogP contribution >= 0.6 is 0 Å². The lowest BCUT2D eigenvalue weighted by molar-refractivity contribution is 0.0510. The van der Waals surface area contributed by atoms with Crippen molar-refractivity contribution in [2.75, 3.05) is 7.11 Å². The van der Waals surface area contributed by atoms with E-state index in [-0.39, 0.29) is 12.0 Å². The molecular formula is C15H16FNO2. The predicted octanol–water partition coefficient (Wildman–Crippen LogP) is 2.68. The lowest BCUT2D eigenvalue weighted by Crippen LogP contribution is -2.26. The number of ether oxygens (including phenoxy) is 1. The second kappa shape index (κ2) is 5.36. The summed E-state index contributed by atoms with van der Waals surface area (Å²) in [6.07, 6.45) is 3.57. The van der Waals surface area contributed by atoms with Gasteiger partial charge >= 0.3 is 0 Å². The molecule has 19 heavy (non-hydrogen) atoms. The van der Waals surface area contributed by atoms with Gasteiger partial charge in [0.2, 0.25) is 0 Å². The zero-order valence-corrected chi connectivity index (χ0v) is 10.9. The van der Waals surface area contributed by atoms with Gasteiger partial charge in [-0.1, -0.05) is 6.07 Å². The molecule has 0 aliphatic carbocycles. The number of methoxy groups -OCH3 is 1. The van der Waals surface area contributed by atoms with E-state index in [2.05, 4.69) is 4.98 Å². The maximum Gasteiger partial charge on any atom is 0.133 e.